The third kappa shape index (κ3) is 5.52. The van der Waals surface area contributed by atoms with E-state index in [1.54, 1.807) is 12.1 Å². The van der Waals surface area contributed by atoms with E-state index in [2.05, 4.69) is 49.9 Å². The van der Waals surface area contributed by atoms with Crippen molar-refractivity contribution in [2.75, 3.05) is 24.6 Å². The van der Waals surface area contributed by atoms with E-state index in [4.69, 9.17) is 0 Å². The van der Waals surface area contributed by atoms with Gasteiger partial charge in [0.05, 0.1) is 21.7 Å². The van der Waals surface area contributed by atoms with E-state index in [9.17, 15) is 16.8 Å². The van der Waals surface area contributed by atoms with Crippen molar-refractivity contribution in [3.63, 3.8) is 0 Å². The van der Waals surface area contributed by atoms with Crippen LogP contribution in [0.5, 0.6) is 0 Å². The van der Waals surface area contributed by atoms with Gasteiger partial charge in [0.1, 0.15) is 0 Å². The summed E-state index contributed by atoms with van der Waals surface area (Å²) in [4.78, 5) is 2.35. The number of rotatable bonds is 5. The lowest BCUT2D eigenvalue weighted by Crippen LogP contribution is -2.49. The highest BCUT2D eigenvalue weighted by Gasteiger charge is 2.48. The Hall–Kier alpha value is -1.70. The minimum Gasteiger partial charge on any atom is -0.298 e. The highest BCUT2D eigenvalue weighted by molar-refractivity contribution is 7.96. The van der Waals surface area contributed by atoms with Gasteiger partial charge in [0.2, 0.25) is 0 Å². The fourth-order valence-electron chi connectivity index (χ4n) is 5.19. The summed E-state index contributed by atoms with van der Waals surface area (Å²) >= 11 is 0. The van der Waals surface area contributed by atoms with E-state index < -0.39 is 31.0 Å². The molecule has 0 N–H and O–H groups in total. The van der Waals surface area contributed by atoms with Gasteiger partial charge in [-0.25, -0.2) is 16.8 Å². The second-order valence-electron chi connectivity index (χ2n) is 10.7. The average molecular weight is 490 g/mol. The molecule has 2 heterocycles. The quantitative estimate of drug-likeness (QED) is 0.637. The van der Waals surface area contributed by atoms with Gasteiger partial charge in [0.15, 0.2) is 19.7 Å². The van der Waals surface area contributed by atoms with Gasteiger partial charge in [0.25, 0.3) is 0 Å². The van der Waals surface area contributed by atoms with Crippen LogP contribution in [0.15, 0.2) is 59.5 Å². The molecular formula is C26H35NO4S2. The fraction of sp³-hybridized carbons (Fsp3) is 0.538. The number of hydrogen-bond acceptors (Lipinski definition) is 5. The third-order valence-electron chi connectivity index (χ3n) is 7.20. The van der Waals surface area contributed by atoms with E-state index in [1.807, 2.05) is 18.2 Å². The minimum atomic E-state index is -3.75. The Labute approximate surface area is 199 Å². The van der Waals surface area contributed by atoms with Crippen LogP contribution >= 0.6 is 0 Å². The zero-order valence-corrected chi connectivity index (χ0v) is 21.4. The van der Waals surface area contributed by atoms with Crippen LogP contribution in [-0.4, -0.2) is 57.6 Å². The van der Waals surface area contributed by atoms with E-state index >= 15 is 0 Å². The van der Waals surface area contributed by atoms with Crippen LogP contribution in [0, 0.1) is 5.92 Å². The molecule has 2 fully saturated rings. The summed E-state index contributed by atoms with van der Waals surface area (Å²) in [5.74, 6) is 0.187. The summed E-state index contributed by atoms with van der Waals surface area (Å²) in [6.07, 6.45) is 2.93. The molecule has 2 aromatic rings. The fourth-order valence-corrected chi connectivity index (χ4v) is 10.0. The Kier molecular flexibility index (Phi) is 6.78. The molecule has 0 radical (unpaired) electrons. The van der Waals surface area contributed by atoms with E-state index in [1.165, 1.54) is 5.56 Å². The Bertz CT molecular complexity index is 1160. The number of sulfone groups is 2. The number of likely N-dealkylation sites (tertiary alicyclic amines) is 1. The van der Waals surface area contributed by atoms with Gasteiger partial charge in [-0.3, -0.25) is 4.90 Å². The summed E-state index contributed by atoms with van der Waals surface area (Å²) in [5.41, 5.74) is 2.29. The SMILES string of the molecule is CC(C)(C)c1ccc(S(=O)(=O)[C@H]2CS(=O)(=O)C[C@@H]2N2CCC(Cc3ccccc3)CC2)cc1. The van der Waals surface area contributed by atoms with Gasteiger partial charge in [-0.2, -0.15) is 0 Å². The molecule has 2 saturated heterocycles. The summed E-state index contributed by atoms with van der Waals surface area (Å²) < 4.78 is 52.2. The highest BCUT2D eigenvalue weighted by Crippen LogP contribution is 2.33. The van der Waals surface area contributed by atoms with Gasteiger partial charge in [-0.15, -0.1) is 0 Å². The van der Waals surface area contributed by atoms with Crippen molar-refractivity contribution in [3.05, 3.63) is 65.7 Å². The van der Waals surface area contributed by atoms with Crippen molar-refractivity contribution in [1.29, 1.82) is 0 Å². The molecule has 2 atom stereocenters. The van der Waals surface area contributed by atoms with Gasteiger partial charge < -0.3 is 0 Å². The molecule has 4 rings (SSSR count). The first-order valence-electron chi connectivity index (χ1n) is 11.8. The van der Waals surface area contributed by atoms with Crippen LogP contribution in [0.3, 0.4) is 0 Å². The average Bonchev–Trinajstić information content (AvgIpc) is 3.11. The van der Waals surface area contributed by atoms with Crippen molar-refractivity contribution in [2.24, 2.45) is 5.92 Å². The maximum atomic E-state index is 13.6. The molecule has 5 nitrogen and oxygen atoms in total. The number of benzene rings is 2. The third-order valence-corrected chi connectivity index (χ3v) is 11.3. The van der Waals surface area contributed by atoms with E-state index in [0.29, 0.717) is 5.92 Å². The Morgan fingerprint density at radius 1 is 0.909 bits per heavy atom. The first kappa shape index (κ1) is 24.4. The molecule has 0 aromatic heterocycles. The first-order chi connectivity index (χ1) is 15.5. The van der Waals surface area contributed by atoms with E-state index in [0.717, 1.165) is 37.9 Å². The van der Waals surface area contributed by atoms with Crippen molar-refractivity contribution in [1.82, 2.24) is 4.90 Å². The molecule has 7 heteroatoms. The second kappa shape index (κ2) is 9.16. The maximum absolute atomic E-state index is 13.6. The van der Waals surface area contributed by atoms with Crippen LogP contribution in [0.4, 0.5) is 0 Å². The largest absolute Gasteiger partial charge is 0.298 e. The lowest BCUT2D eigenvalue weighted by Gasteiger charge is -2.37. The van der Waals surface area contributed by atoms with Crippen molar-refractivity contribution < 1.29 is 16.8 Å². The first-order valence-corrected chi connectivity index (χ1v) is 15.2. The van der Waals surface area contributed by atoms with Crippen LogP contribution < -0.4 is 0 Å². The Morgan fingerprint density at radius 2 is 1.52 bits per heavy atom. The topological polar surface area (TPSA) is 71.5 Å². The summed E-state index contributed by atoms with van der Waals surface area (Å²) in [6.45, 7) is 7.73. The van der Waals surface area contributed by atoms with Gasteiger partial charge in [0, 0.05) is 6.04 Å². The molecule has 2 aliphatic heterocycles. The standard InChI is InChI=1S/C26H35NO4S2/c1-26(2,3)22-9-11-23(12-10-22)33(30,31)25-19-32(28,29)18-24(25)27-15-13-21(14-16-27)17-20-7-5-4-6-8-20/h4-12,21,24-25H,13-19H2,1-3H3/t24-,25-/m0/s1. The summed E-state index contributed by atoms with van der Waals surface area (Å²) in [6, 6.07) is 16.9. The van der Waals surface area contributed by atoms with Crippen LogP contribution in [-0.2, 0) is 31.5 Å². The van der Waals surface area contributed by atoms with Gasteiger partial charge in [-0.05, 0) is 66.9 Å². The molecular weight excluding hydrogens is 454 g/mol. The summed E-state index contributed by atoms with van der Waals surface area (Å²) in [7, 11) is -7.15. The normalized spacial score (nSPS) is 24.7. The van der Waals surface area contributed by atoms with Crippen molar-refractivity contribution in [3.8, 4) is 0 Å². The molecule has 0 aliphatic carbocycles. The Morgan fingerprint density at radius 3 is 2.09 bits per heavy atom. The number of piperidine rings is 1. The van der Waals surface area contributed by atoms with Gasteiger partial charge in [-0.1, -0.05) is 63.2 Å². The molecule has 0 bridgehead atoms. The number of hydrogen-bond donors (Lipinski definition) is 0. The molecule has 0 amide bonds. The lowest BCUT2D eigenvalue weighted by molar-refractivity contribution is 0.144. The van der Waals surface area contributed by atoms with E-state index in [-0.39, 0.29) is 21.8 Å². The highest BCUT2D eigenvalue weighted by atomic mass is 32.2. The molecule has 2 aromatic carbocycles. The lowest BCUT2D eigenvalue weighted by atomic mass is 9.87. The van der Waals surface area contributed by atoms with Crippen LogP contribution in [0.25, 0.3) is 0 Å². The van der Waals surface area contributed by atoms with Crippen molar-refractivity contribution >= 4 is 19.7 Å². The Balaban J connectivity index is 1.50. The zero-order chi connectivity index (χ0) is 23.9. The maximum Gasteiger partial charge on any atom is 0.183 e. The minimum absolute atomic E-state index is 0.0691. The number of nitrogens with zero attached hydrogens (tertiary/aromatic N) is 1. The molecule has 33 heavy (non-hydrogen) atoms. The predicted molar refractivity (Wildman–Crippen MR) is 133 cm³/mol. The summed E-state index contributed by atoms with van der Waals surface area (Å²) in [5, 5.41) is -0.909. The zero-order valence-electron chi connectivity index (χ0n) is 19.8. The molecule has 2 aliphatic rings. The van der Waals surface area contributed by atoms with Crippen LogP contribution in [0.1, 0.15) is 44.7 Å². The monoisotopic (exact) mass is 489 g/mol. The van der Waals surface area contributed by atoms with Gasteiger partial charge >= 0.3 is 0 Å². The molecule has 0 spiro atoms. The smallest absolute Gasteiger partial charge is 0.183 e. The molecule has 0 saturated carbocycles. The second-order valence-corrected chi connectivity index (χ2v) is 15.0. The predicted octanol–water partition coefficient (Wildman–Crippen LogP) is 3.88. The molecule has 180 valence electrons. The van der Waals surface area contributed by atoms with Crippen molar-refractivity contribution in [2.45, 2.75) is 61.6 Å². The molecule has 0 unspecified atom stereocenters. The van der Waals surface area contributed by atoms with Crippen LogP contribution in [0.2, 0.25) is 0 Å².